The van der Waals surface area contributed by atoms with Crippen molar-refractivity contribution in [2.24, 2.45) is 11.7 Å². The van der Waals surface area contributed by atoms with Gasteiger partial charge < -0.3 is 15.1 Å². The Labute approximate surface area is 126 Å². The van der Waals surface area contributed by atoms with Crippen molar-refractivity contribution in [2.75, 3.05) is 0 Å². The van der Waals surface area contributed by atoms with E-state index >= 15 is 0 Å². The van der Waals surface area contributed by atoms with Crippen LogP contribution in [0.3, 0.4) is 0 Å². The first-order chi connectivity index (χ1) is 10.2. The summed E-state index contributed by atoms with van der Waals surface area (Å²) in [5, 5.41) is 3.84. The monoisotopic (exact) mass is 293 g/mol. The summed E-state index contributed by atoms with van der Waals surface area (Å²) in [6, 6.07) is 0. The standard InChI is InChI=1S/C16H27N3O2/c1-12(20)10-14(16-18-15(11-17)19-21-16)9-5-8-13-6-3-2-4-7-13/h13-14H,2-11,17H2,1H3/t14-/m1/s1. The number of nitrogens with zero attached hydrogens (tertiary/aromatic N) is 2. The van der Waals surface area contributed by atoms with Crippen LogP contribution in [0, 0.1) is 5.92 Å². The van der Waals surface area contributed by atoms with Crippen molar-refractivity contribution >= 4 is 5.78 Å². The van der Waals surface area contributed by atoms with E-state index in [1.165, 1.54) is 38.5 Å². The molecule has 0 aliphatic heterocycles. The second-order valence-electron chi connectivity index (χ2n) is 6.29. The minimum Gasteiger partial charge on any atom is -0.339 e. The number of aromatic nitrogens is 2. The van der Waals surface area contributed by atoms with Gasteiger partial charge in [-0.15, -0.1) is 0 Å². The van der Waals surface area contributed by atoms with Crippen LogP contribution in [0.2, 0.25) is 0 Å². The van der Waals surface area contributed by atoms with E-state index in [0.29, 0.717) is 18.1 Å². The molecule has 1 heterocycles. The Morgan fingerprint density at radius 1 is 1.38 bits per heavy atom. The molecule has 0 bridgehead atoms. The van der Waals surface area contributed by atoms with E-state index in [4.69, 9.17) is 10.3 Å². The lowest BCUT2D eigenvalue weighted by Crippen LogP contribution is -2.09. The fourth-order valence-electron chi connectivity index (χ4n) is 3.30. The van der Waals surface area contributed by atoms with Gasteiger partial charge in [-0.25, -0.2) is 0 Å². The molecule has 21 heavy (non-hydrogen) atoms. The van der Waals surface area contributed by atoms with Crippen molar-refractivity contribution in [1.29, 1.82) is 0 Å². The van der Waals surface area contributed by atoms with Gasteiger partial charge in [0.25, 0.3) is 0 Å². The Morgan fingerprint density at radius 2 is 2.14 bits per heavy atom. The molecule has 1 aromatic rings. The summed E-state index contributed by atoms with van der Waals surface area (Å²) in [7, 11) is 0. The molecule has 0 spiro atoms. The van der Waals surface area contributed by atoms with Crippen molar-refractivity contribution in [2.45, 2.75) is 77.2 Å². The largest absolute Gasteiger partial charge is 0.339 e. The third-order valence-electron chi connectivity index (χ3n) is 4.44. The topological polar surface area (TPSA) is 82.0 Å². The Morgan fingerprint density at radius 3 is 2.76 bits per heavy atom. The van der Waals surface area contributed by atoms with Gasteiger partial charge in [-0.1, -0.05) is 50.1 Å². The second-order valence-corrected chi connectivity index (χ2v) is 6.29. The predicted octanol–water partition coefficient (Wildman–Crippen LogP) is 3.34. The molecule has 0 radical (unpaired) electrons. The summed E-state index contributed by atoms with van der Waals surface area (Å²) in [5.41, 5.74) is 5.51. The predicted molar refractivity (Wildman–Crippen MR) is 80.7 cm³/mol. The number of rotatable bonds is 8. The summed E-state index contributed by atoms with van der Waals surface area (Å²) in [5.74, 6) is 2.20. The number of hydrogen-bond donors (Lipinski definition) is 1. The van der Waals surface area contributed by atoms with Gasteiger partial charge in [-0.2, -0.15) is 4.98 Å². The molecule has 118 valence electrons. The molecule has 0 saturated heterocycles. The number of carbonyl (C=O) groups is 1. The molecule has 2 rings (SSSR count). The number of carbonyl (C=O) groups excluding carboxylic acids is 1. The lowest BCUT2D eigenvalue weighted by Gasteiger charge is -2.22. The third kappa shape index (κ3) is 5.23. The van der Waals surface area contributed by atoms with Gasteiger partial charge in [0.15, 0.2) is 5.82 Å². The highest BCUT2D eigenvalue weighted by Gasteiger charge is 2.21. The van der Waals surface area contributed by atoms with Crippen LogP contribution < -0.4 is 5.73 Å². The minimum absolute atomic E-state index is 0.0545. The van der Waals surface area contributed by atoms with E-state index in [9.17, 15) is 4.79 Å². The fourth-order valence-corrected chi connectivity index (χ4v) is 3.30. The number of Topliss-reactive ketones (excluding diaryl/α,β-unsaturated/α-hetero) is 1. The third-order valence-corrected chi connectivity index (χ3v) is 4.44. The smallest absolute Gasteiger partial charge is 0.230 e. The Kier molecular flexibility index (Phi) is 6.36. The average molecular weight is 293 g/mol. The SMILES string of the molecule is CC(=O)C[C@@H](CCCC1CCCCC1)c1nc(CN)no1. The molecule has 1 fully saturated rings. The summed E-state index contributed by atoms with van der Waals surface area (Å²) < 4.78 is 5.27. The maximum atomic E-state index is 11.5. The number of ketones is 1. The van der Waals surface area contributed by atoms with E-state index in [2.05, 4.69) is 10.1 Å². The molecule has 2 N–H and O–H groups in total. The van der Waals surface area contributed by atoms with E-state index in [1.54, 1.807) is 6.92 Å². The van der Waals surface area contributed by atoms with Crippen molar-refractivity contribution in [3.8, 4) is 0 Å². The zero-order valence-electron chi connectivity index (χ0n) is 13.0. The molecule has 1 saturated carbocycles. The first-order valence-electron chi connectivity index (χ1n) is 8.21. The van der Waals surface area contributed by atoms with Crippen LogP contribution in [0.25, 0.3) is 0 Å². The quantitative estimate of drug-likeness (QED) is 0.795. The summed E-state index contributed by atoms with van der Waals surface area (Å²) in [6.45, 7) is 1.90. The van der Waals surface area contributed by atoms with Gasteiger partial charge in [-0.05, 0) is 19.3 Å². The summed E-state index contributed by atoms with van der Waals surface area (Å²) in [4.78, 5) is 15.7. The van der Waals surface area contributed by atoms with E-state index in [1.807, 2.05) is 0 Å². The molecular weight excluding hydrogens is 266 g/mol. The molecule has 1 aromatic heterocycles. The normalized spacial score (nSPS) is 17.8. The Balaban J connectivity index is 1.85. The van der Waals surface area contributed by atoms with Crippen LogP contribution in [-0.4, -0.2) is 15.9 Å². The van der Waals surface area contributed by atoms with Gasteiger partial charge >= 0.3 is 0 Å². The molecule has 1 aliphatic rings. The Bertz CT molecular complexity index is 438. The van der Waals surface area contributed by atoms with Crippen LogP contribution >= 0.6 is 0 Å². The van der Waals surface area contributed by atoms with Gasteiger partial charge in [0, 0.05) is 12.3 Å². The maximum absolute atomic E-state index is 11.5. The van der Waals surface area contributed by atoms with Gasteiger partial charge in [0.1, 0.15) is 5.78 Å². The van der Waals surface area contributed by atoms with Crippen molar-refractivity contribution in [1.82, 2.24) is 10.1 Å². The lowest BCUT2D eigenvalue weighted by molar-refractivity contribution is -0.117. The molecular formula is C16H27N3O2. The van der Waals surface area contributed by atoms with Crippen LogP contribution in [0.15, 0.2) is 4.52 Å². The van der Waals surface area contributed by atoms with E-state index < -0.39 is 0 Å². The highest BCUT2D eigenvalue weighted by Crippen LogP contribution is 2.31. The molecule has 0 aromatic carbocycles. The van der Waals surface area contributed by atoms with Crippen molar-refractivity contribution in [3.05, 3.63) is 11.7 Å². The van der Waals surface area contributed by atoms with Gasteiger partial charge in [-0.3, -0.25) is 0 Å². The first-order valence-corrected chi connectivity index (χ1v) is 8.21. The molecule has 1 aliphatic carbocycles. The molecule has 0 amide bonds. The maximum Gasteiger partial charge on any atom is 0.230 e. The molecule has 1 atom stereocenters. The number of nitrogens with two attached hydrogens (primary N) is 1. The highest BCUT2D eigenvalue weighted by atomic mass is 16.5. The van der Waals surface area contributed by atoms with Gasteiger partial charge in [0.05, 0.1) is 6.54 Å². The zero-order chi connectivity index (χ0) is 15.1. The van der Waals surface area contributed by atoms with Crippen LogP contribution in [0.5, 0.6) is 0 Å². The summed E-state index contributed by atoms with van der Waals surface area (Å²) >= 11 is 0. The van der Waals surface area contributed by atoms with E-state index in [0.717, 1.165) is 18.8 Å². The second kappa shape index (κ2) is 8.27. The molecule has 0 unspecified atom stereocenters. The van der Waals surface area contributed by atoms with Crippen molar-refractivity contribution in [3.63, 3.8) is 0 Å². The summed E-state index contributed by atoms with van der Waals surface area (Å²) in [6.07, 6.45) is 10.7. The van der Waals surface area contributed by atoms with Crippen molar-refractivity contribution < 1.29 is 9.32 Å². The van der Waals surface area contributed by atoms with Gasteiger partial charge in [0.2, 0.25) is 5.89 Å². The highest BCUT2D eigenvalue weighted by molar-refractivity contribution is 5.76. The van der Waals surface area contributed by atoms with Crippen LogP contribution in [0.4, 0.5) is 0 Å². The average Bonchev–Trinajstić information content (AvgIpc) is 2.96. The van der Waals surface area contributed by atoms with E-state index in [-0.39, 0.29) is 18.2 Å². The first kappa shape index (κ1) is 16.1. The minimum atomic E-state index is 0.0545. The number of hydrogen-bond acceptors (Lipinski definition) is 5. The molecule has 5 nitrogen and oxygen atoms in total. The zero-order valence-corrected chi connectivity index (χ0v) is 13.0. The van der Waals surface area contributed by atoms with Crippen LogP contribution in [-0.2, 0) is 11.3 Å². The fraction of sp³-hybridized carbons (Fsp3) is 0.812. The lowest BCUT2D eigenvalue weighted by atomic mass is 9.84. The van der Waals surface area contributed by atoms with Crippen LogP contribution in [0.1, 0.15) is 82.3 Å². The Hall–Kier alpha value is -1.23. The molecule has 5 heteroatoms.